The predicted octanol–water partition coefficient (Wildman–Crippen LogP) is 0.843. The quantitative estimate of drug-likeness (QED) is 0.531. The number of thiocarbonyl (C=S) groups is 1. The summed E-state index contributed by atoms with van der Waals surface area (Å²) in [4.78, 5) is 0. The minimum Gasteiger partial charge on any atom is -0.296 e. The Morgan fingerprint density at radius 1 is 1.89 bits per heavy atom. The molecule has 2 nitrogen and oxygen atoms in total. The highest BCUT2D eigenvalue weighted by Gasteiger charge is 2.15. The molecule has 1 aliphatic heterocycles. The van der Waals surface area contributed by atoms with Crippen LogP contribution in [0.15, 0.2) is 0 Å². The van der Waals surface area contributed by atoms with E-state index in [4.69, 9.17) is 12.2 Å². The standard InChI is InChI=1S/C5H10N2S2/c1-4-3-9-5(8)7(2)6-4/h4,6H,3H2,1-2H3. The van der Waals surface area contributed by atoms with Crippen LogP contribution in [0.3, 0.4) is 0 Å². The Labute approximate surface area is 65.0 Å². The zero-order valence-corrected chi connectivity index (χ0v) is 7.18. The summed E-state index contributed by atoms with van der Waals surface area (Å²) >= 11 is 6.74. The van der Waals surface area contributed by atoms with Gasteiger partial charge in [0.2, 0.25) is 0 Å². The van der Waals surface area contributed by atoms with Crippen LogP contribution in [-0.2, 0) is 0 Å². The van der Waals surface area contributed by atoms with E-state index in [9.17, 15) is 0 Å². The highest BCUT2D eigenvalue weighted by molar-refractivity contribution is 8.23. The first-order valence-corrected chi connectivity index (χ1v) is 4.26. The number of nitrogens with one attached hydrogen (secondary N) is 1. The molecule has 1 saturated heterocycles. The molecular weight excluding hydrogens is 152 g/mol. The monoisotopic (exact) mass is 162 g/mol. The van der Waals surface area contributed by atoms with Crippen molar-refractivity contribution in [3.8, 4) is 0 Å². The highest BCUT2D eigenvalue weighted by atomic mass is 32.2. The molecule has 1 aliphatic rings. The van der Waals surface area contributed by atoms with Crippen molar-refractivity contribution < 1.29 is 0 Å². The van der Waals surface area contributed by atoms with Crippen LogP contribution in [0.2, 0.25) is 0 Å². The van der Waals surface area contributed by atoms with Gasteiger partial charge in [0, 0.05) is 18.8 Å². The van der Waals surface area contributed by atoms with E-state index < -0.39 is 0 Å². The molecule has 0 saturated carbocycles. The van der Waals surface area contributed by atoms with Crippen molar-refractivity contribution in [2.45, 2.75) is 13.0 Å². The molecule has 4 heteroatoms. The fraction of sp³-hybridized carbons (Fsp3) is 0.800. The SMILES string of the molecule is CC1CSC(=S)N(C)N1. The van der Waals surface area contributed by atoms with Crippen LogP contribution in [0.4, 0.5) is 0 Å². The summed E-state index contributed by atoms with van der Waals surface area (Å²) < 4.78 is 0.938. The van der Waals surface area contributed by atoms with Gasteiger partial charge in [-0.1, -0.05) is 24.0 Å². The van der Waals surface area contributed by atoms with Crippen molar-refractivity contribution in [1.82, 2.24) is 10.4 Å². The number of nitrogens with zero attached hydrogens (tertiary/aromatic N) is 1. The van der Waals surface area contributed by atoms with Gasteiger partial charge in [-0.2, -0.15) is 0 Å². The first kappa shape index (κ1) is 7.31. The maximum absolute atomic E-state index is 5.01. The second-order valence-electron chi connectivity index (χ2n) is 2.17. The Morgan fingerprint density at radius 3 is 3.00 bits per heavy atom. The van der Waals surface area contributed by atoms with Crippen molar-refractivity contribution >= 4 is 28.3 Å². The van der Waals surface area contributed by atoms with Crippen molar-refractivity contribution in [2.24, 2.45) is 0 Å². The molecule has 52 valence electrons. The summed E-state index contributed by atoms with van der Waals surface area (Å²) in [6.07, 6.45) is 0. The number of hydrogen-bond donors (Lipinski definition) is 1. The smallest absolute Gasteiger partial charge is 0.150 e. The van der Waals surface area contributed by atoms with Crippen LogP contribution in [0.25, 0.3) is 0 Å². The Morgan fingerprint density at radius 2 is 2.56 bits per heavy atom. The molecule has 0 aromatic rings. The summed E-state index contributed by atoms with van der Waals surface area (Å²) in [6.45, 7) is 2.14. The molecule has 0 radical (unpaired) electrons. The molecule has 0 aromatic carbocycles. The van der Waals surface area contributed by atoms with Crippen LogP contribution in [0, 0.1) is 0 Å². The van der Waals surface area contributed by atoms with Gasteiger partial charge in [0.05, 0.1) is 0 Å². The van der Waals surface area contributed by atoms with Crippen molar-refractivity contribution in [1.29, 1.82) is 0 Å². The zero-order chi connectivity index (χ0) is 6.85. The second-order valence-corrected chi connectivity index (χ2v) is 3.82. The lowest BCUT2D eigenvalue weighted by atomic mass is 10.4. The van der Waals surface area contributed by atoms with E-state index in [2.05, 4.69) is 12.3 Å². The summed E-state index contributed by atoms with van der Waals surface area (Å²) in [6, 6.07) is 0.548. The van der Waals surface area contributed by atoms with Gasteiger partial charge >= 0.3 is 0 Å². The average molecular weight is 162 g/mol. The maximum Gasteiger partial charge on any atom is 0.150 e. The summed E-state index contributed by atoms with van der Waals surface area (Å²) in [5.41, 5.74) is 3.20. The van der Waals surface area contributed by atoms with Crippen LogP contribution < -0.4 is 5.43 Å². The van der Waals surface area contributed by atoms with Gasteiger partial charge in [0.15, 0.2) is 0 Å². The van der Waals surface area contributed by atoms with Gasteiger partial charge in [-0.05, 0) is 6.92 Å². The van der Waals surface area contributed by atoms with E-state index in [0.29, 0.717) is 6.04 Å². The first-order valence-electron chi connectivity index (χ1n) is 2.87. The van der Waals surface area contributed by atoms with E-state index in [1.165, 1.54) is 0 Å². The molecule has 0 bridgehead atoms. The molecule has 1 atom stereocenters. The second kappa shape index (κ2) is 2.86. The first-order chi connectivity index (χ1) is 4.20. The fourth-order valence-corrected chi connectivity index (χ4v) is 1.68. The van der Waals surface area contributed by atoms with Gasteiger partial charge in [0.1, 0.15) is 4.32 Å². The third-order valence-corrected chi connectivity index (χ3v) is 2.96. The number of rotatable bonds is 0. The Balaban J connectivity index is 2.44. The molecule has 1 rings (SSSR count). The average Bonchev–Trinajstić information content (AvgIpc) is 1.80. The molecule has 9 heavy (non-hydrogen) atoms. The Hall–Kier alpha value is 0.200. The Kier molecular flexibility index (Phi) is 2.32. The molecule has 0 aromatic heterocycles. The summed E-state index contributed by atoms with van der Waals surface area (Å²) in [5.74, 6) is 1.09. The Bertz CT molecular complexity index is 126. The lowest BCUT2D eigenvalue weighted by molar-refractivity contribution is 0.334. The third kappa shape index (κ3) is 1.81. The molecule has 0 aliphatic carbocycles. The number of hydrogen-bond acceptors (Lipinski definition) is 3. The third-order valence-electron chi connectivity index (χ3n) is 1.14. The molecule has 1 fully saturated rings. The number of hydrazine groups is 1. The van der Waals surface area contributed by atoms with Gasteiger partial charge in [-0.15, -0.1) is 0 Å². The molecule has 1 heterocycles. The van der Waals surface area contributed by atoms with E-state index in [0.717, 1.165) is 10.1 Å². The van der Waals surface area contributed by atoms with E-state index >= 15 is 0 Å². The lowest BCUT2D eigenvalue weighted by Gasteiger charge is -2.29. The molecule has 0 spiro atoms. The number of thioether (sulfide) groups is 1. The van der Waals surface area contributed by atoms with E-state index in [1.54, 1.807) is 11.8 Å². The van der Waals surface area contributed by atoms with E-state index in [1.807, 2.05) is 12.1 Å². The van der Waals surface area contributed by atoms with Crippen LogP contribution in [0.1, 0.15) is 6.92 Å². The largest absolute Gasteiger partial charge is 0.296 e. The van der Waals surface area contributed by atoms with Gasteiger partial charge in [0.25, 0.3) is 0 Å². The minimum atomic E-state index is 0.548. The van der Waals surface area contributed by atoms with Crippen molar-refractivity contribution in [3.05, 3.63) is 0 Å². The van der Waals surface area contributed by atoms with Crippen molar-refractivity contribution in [2.75, 3.05) is 12.8 Å². The van der Waals surface area contributed by atoms with Crippen LogP contribution >= 0.6 is 24.0 Å². The maximum atomic E-state index is 5.01. The zero-order valence-electron chi connectivity index (χ0n) is 5.55. The molecule has 1 N–H and O–H groups in total. The minimum absolute atomic E-state index is 0.548. The molecule has 1 unspecified atom stereocenters. The molecule has 0 amide bonds. The normalized spacial score (nSPS) is 28.9. The summed E-state index contributed by atoms with van der Waals surface area (Å²) in [5, 5.41) is 1.90. The van der Waals surface area contributed by atoms with Crippen LogP contribution in [0.5, 0.6) is 0 Å². The lowest BCUT2D eigenvalue weighted by Crippen LogP contribution is -2.48. The highest BCUT2D eigenvalue weighted by Crippen LogP contribution is 2.13. The van der Waals surface area contributed by atoms with Gasteiger partial charge < -0.3 is 0 Å². The molecular formula is C5H10N2S2. The predicted molar refractivity (Wildman–Crippen MR) is 45.4 cm³/mol. The van der Waals surface area contributed by atoms with Gasteiger partial charge in [-0.25, -0.2) is 5.43 Å². The summed E-state index contributed by atoms with van der Waals surface area (Å²) in [7, 11) is 1.95. The van der Waals surface area contributed by atoms with Crippen LogP contribution in [-0.4, -0.2) is 28.2 Å². The topological polar surface area (TPSA) is 15.3 Å². The van der Waals surface area contributed by atoms with Crippen molar-refractivity contribution in [3.63, 3.8) is 0 Å². The van der Waals surface area contributed by atoms with Gasteiger partial charge in [-0.3, -0.25) is 5.01 Å². The van der Waals surface area contributed by atoms with E-state index in [-0.39, 0.29) is 0 Å². The fourth-order valence-electron chi connectivity index (χ4n) is 0.714.